The third kappa shape index (κ3) is 3.30. The van der Waals surface area contributed by atoms with E-state index in [9.17, 15) is 13.6 Å². The van der Waals surface area contributed by atoms with Crippen molar-refractivity contribution in [1.82, 2.24) is 9.80 Å². The van der Waals surface area contributed by atoms with E-state index < -0.39 is 11.6 Å². The maximum atomic E-state index is 13.2. The van der Waals surface area contributed by atoms with Crippen molar-refractivity contribution >= 4 is 5.78 Å². The first-order valence-electron chi connectivity index (χ1n) is 7.58. The third-order valence-corrected chi connectivity index (χ3v) is 4.53. The van der Waals surface area contributed by atoms with Gasteiger partial charge in [0.2, 0.25) is 0 Å². The van der Waals surface area contributed by atoms with Crippen LogP contribution < -0.4 is 0 Å². The normalized spacial score (nSPS) is 23.8. The number of ketones is 1. The van der Waals surface area contributed by atoms with E-state index in [0.29, 0.717) is 6.04 Å². The largest absolute Gasteiger partial charge is 0.298 e. The SMILES string of the molecule is O=C(CN1CCN2CCCCC2C1)c1ccc(F)c(F)c1. The topological polar surface area (TPSA) is 23.6 Å². The van der Waals surface area contributed by atoms with Crippen molar-refractivity contribution < 1.29 is 13.6 Å². The molecule has 0 saturated carbocycles. The van der Waals surface area contributed by atoms with E-state index in [0.717, 1.165) is 38.3 Å². The van der Waals surface area contributed by atoms with Crippen molar-refractivity contribution in [2.45, 2.75) is 25.3 Å². The van der Waals surface area contributed by atoms with Crippen LogP contribution >= 0.6 is 0 Å². The molecule has 3 rings (SSSR count). The Morgan fingerprint density at radius 1 is 1.14 bits per heavy atom. The van der Waals surface area contributed by atoms with Gasteiger partial charge in [-0.25, -0.2) is 8.78 Å². The van der Waals surface area contributed by atoms with Crippen molar-refractivity contribution in [2.75, 3.05) is 32.7 Å². The first-order chi connectivity index (χ1) is 10.1. The fourth-order valence-electron chi connectivity index (χ4n) is 3.33. The molecule has 1 unspecified atom stereocenters. The summed E-state index contributed by atoms with van der Waals surface area (Å²) in [5, 5.41) is 0. The summed E-state index contributed by atoms with van der Waals surface area (Å²) < 4.78 is 26.1. The van der Waals surface area contributed by atoms with Gasteiger partial charge in [-0.05, 0) is 37.6 Å². The molecular formula is C16H20F2N2O. The number of fused-ring (bicyclic) bond motifs is 1. The molecule has 0 aromatic heterocycles. The molecule has 2 saturated heterocycles. The predicted octanol–water partition coefficient (Wildman–Crippen LogP) is 2.32. The second-order valence-corrected chi connectivity index (χ2v) is 5.97. The lowest BCUT2D eigenvalue weighted by molar-refractivity contribution is 0.0469. The fraction of sp³-hybridized carbons (Fsp3) is 0.562. The standard InChI is InChI=1S/C16H20F2N2O/c17-14-5-4-12(9-15(14)18)16(21)11-19-7-8-20-6-2-1-3-13(20)10-19/h4-5,9,13H,1-3,6-8,10-11H2. The molecular weight excluding hydrogens is 274 g/mol. The highest BCUT2D eigenvalue weighted by Crippen LogP contribution is 2.21. The zero-order chi connectivity index (χ0) is 14.8. The van der Waals surface area contributed by atoms with Crippen molar-refractivity contribution in [3.05, 3.63) is 35.4 Å². The summed E-state index contributed by atoms with van der Waals surface area (Å²) in [6.07, 6.45) is 3.71. The summed E-state index contributed by atoms with van der Waals surface area (Å²) in [5.74, 6) is -2.02. The van der Waals surface area contributed by atoms with Crippen molar-refractivity contribution in [3.63, 3.8) is 0 Å². The van der Waals surface area contributed by atoms with E-state index in [1.54, 1.807) is 0 Å². The molecule has 1 aromatic carbocycles. The first kappa shape index (κ1) is 14.6. The highest BCUT2D eigenvalue weighted by atomic mass is 19.2. The Hall–Kier alpha value is -1.33. The molecule has 2 heterocycles. The van der Waals surface area contributed by atoms with Gasteiger partial charge in [-0.3, -0.25) is 14.6 Å². The highest BCUT2D eigenvalue weighted by Gasteiger charge is 2.29. The van der Waals surface area contributed by atoms with Crippen LogP contribution in [0.2, 0.25) is 0 Å². The van der Waals surface area contributed by atoms with Crippen LogP contribution in [0.15, 0.2) is 18.2 Å². The second-order valence-electron chi connectivity index (χ2n) is 5.97. The van der Waals surface area contributed by atoms with Gasteiger partial charge in [0.1, 0.15) is 0 Å². The van der Waals surface area contributed by atoms with Gasteiger partial charge < -0.3 is 0 Å². The molecule has 0 amide bonds. The van der Waals surface area contributed by atoms with E-state index in [-0.39, 0.29) is 17.9 Å². The third-order valence-electron chi connectivity index (χ3n) is 4.53. The Labute approximate surface area is 123 Å². The van der Waals surface area contributed by atoms with Gasteiger partial charge in [-0.15, -0.1) is 0 Å². The summed E-state index contributed by atoms with van der Waals surface area (Å²) in [6.45, 7) is 4.21. The molecule has 0 radical (unpaired) electrons. The number of piperazine rings is 1. The molecule has 3 nitrogen and oxygen atoms in total. The number of rotatable bonds is 3. The zero-order valence-corrected chi connectivity index (χ0v) is 12.0. The van der Waals surface area contributed by atoms with Crippen LogP contribution in [0.25, 0.3) is 0 Å². The molecule has 5 heteroatoms. The average Bonchev–Trinajstić information content (AvgIpc) is 2.50. The van der Waals surface area contributed by atoms with E-state index in [1.165, 1.54) is 25.3 Å². The van der Waals surface area contributed by atoms with Crippen LogP contribution in [0.3, 0.4) is 0 Å². The molecule has 114 valence electrons. The molecule has 0 N–H and O–H groups in total. The Morgan fingerprint density at radius 2 is 2.00 bits per heavy atom. The molecule has 1 aromatic rings. The minimum atomic E-state index is -0.960. The molecule has 0 aliphatic carbocycles. The Balaban J connectivity index is 1.61. The number of benzene rings is 1. The van der Waals surface area contributed by atoms with Gasteiger partial charge in [-0.1, -0.05) is 6.42 Å². The van der Waals surface area contributed by atoms with Gasteiger partial charge in [0.05, 0.1) is 6.54 Å². The number of carbonyl (C=O) groups excluding carboxylic acids is 1. The average molecular weight is 294 g/mol. The quantitative estimate of drug-likeness (QED) is 0.799. The minimum absolute atomic E-state index is 0.141. The lowest BCUT2D eigenvalue weighted by atomic mass is 9.99. The van der Waals surface area contributed by atoms with E-state index >= 15 is 0 Å². The van der Waals surface area contributed by atoms with Crippen LogP contribution in [0, 0.1) is 11.6 Å². The number of halogens is 2. The first-order valence-corrected chi connectivity index (χ1v) is 7.58. The second kappa shape index (κ2) is 6.20. The number of nitrogens with zero attached hydrogens (tertiary/aromatic N) is 2. The highest BCUT2D eigenvalue weighted by molar-refractivity contribution is 5.97. The van der Waals surface area contributed by atoms with Crippen LogP contribution in [-0.2, 0) is 0 Å². The molecule has 2 aliphatic heterocycles. The monoisotopic (exact) mass is 294 g/mol. The van der Waals surface area contributed by atoms with Crippen LogP contribution in [0.1, 0.15) is 29.6 Å². The molecule has 21 heavy (non-hydrogen) atoms. The Morgan fingerprint density at radius 3 is 2.81 bits per heavy atom. The summed E-state index contributed by atoms with van der Waals surface area (Å²) in [6, 6.07) is 3.92. The predicted molar refractivity (Wildman–Crippen MR) is 76.3 cm³/mol. The van der Waals surface area contributed by atoms with Crippen molar-refractivity contribution in [1.29, 1.82) is 0 Å². The number of hydrogen-bond donors (Lipinski definition) is 0. The van der Waals surface area contributed by atoms with Gasteiger partial charge in [0, 0.05) is 31.2 Å². The lowest BCUT2D eigenvalue weighted by Crippen LogP contribution is -2.55. The van der Waals surface area contributed by atoms with Crippen molar-refractivity contribution in [2.24, 2.45) is 0 Å². The van der Waals surface area contributed by atoms with Crippen molar-refractivity contribution in [3.8, 4) is 0 Å². The molecule has 2 aliphatic rings. The van der Waals surface area contributed by atoms with E-state index in [4.69, 9.17) is 0 Å². The van der Waals surface area contributed by atoms with E-state index in [1.807, 2.05) is 0 Å². The Kier molecular flexibility index (Phi) is 4.31. The van der Waals surface area contributed by atoms with Gasteiger partial charge in [0.15, 0.2) is 17.4 Å². The number of Topliss-reactive ketones (excluding diaryl/α,β-unsaturated/α-hetero) is 1. The summed E-state index contributed by atoms with van der Waals surface area (Å²) >= 11 is 0. The summed E-state index contributed by atoms with van der Waals surface area (Å²) in [4.78, 5) is 16.8. The Bertz CT molecular complexity index is 535. The van der Waals surface area contributed by atoms with Crippen LogP contribution in [-0.4, -0.2) is 54.3 Å². The molecule has 0 spiro atoms. The lowest BCUT2D eigenvalue weighted by Gasteiger charge is -2.43. The molecule has 0 bridgehead atoms. The summed E-state index contributed by atoms with van der Waals surface area (Å²) in [5.41, 5.74) is 0.250. The molecule has 2 fully saturated rings. The van der Waals surface area contributed by atoms with Crippen LogP contribution in [0.5, 0.6) is 0 Å². The number of piperidine rings is 1. The molecule has 1 atom stereocenters. The minimum Gasteiger partial charge on any atom is -0.298 e. The maximum Gasteiger partial charge on any atom is 0.176 e. The van der Waals surface area contributed by atoms with Gasteiger partial charge in [0.25, 0.3) is 0 Å². The van der Waals surface area contributed by atoms with Gasteiger partial charge in [-0.2, -0.15) is 0 Å². The number of hydrogen-bond acceptors (Lipinski definition) is 3. The summed E-state index contributed by atoms with van der Waals surface area (Å²) in [7, 11) is 0. The van der Waals surface area contributed by atoms with E-state index in [2.05, 4.69) is 9.80 Å². The smallest absolute Gasteiger partial charge is 0.176 e. The maximum absolute atomic E-state index is 13.2. The zero-order valence-electron chi connectivity index (χ0n) is 12.0. The fourth-order valence-corrected chi connectivity index (χ4v) is 3.33. The van der Waals surface area contributed by atoms with Crippen LogP contribution in [0.4, 0.5) is 8.78 Å². The number of carbonyl (C=O) groups is 1. The van der Waals surface area contributed by atoms with Gasteiger partial charge >= 0.3 is 0 Å².